The van der Waals surface area contributed by atoms with Gasteiger partial charge in [-0.2, -0.15) is 0 Å². The van der Waals surface area contributed by atoms with Crippen molar-refractivity contribution in [3.63, 3.8) is 0 Å². The molecule has 0 unspecified atom stereocenters. The fourth-order valence-electron chi connectivity index (χ4n) is 2.33. The standard InChI is InChI=1S/C17H15ClN2O2/c1-11-19-20-17(22-11)9-12-6-7-16(21-2)15(8-12)13-4-3-5-14(18)10-13/h3-8,10H,9H2,1-2H3. The first-order chi connectivity index (χ1) is 10.7. The molecule has 1 heterocycles. The third-order valence-electron chi connectivity index (χ3n) is 3.32. The molecule has 0 aliphatic carbocycles. The molecule has 0 aliphatic rings. The number of rotatable bonds is 4. The predicted octanol–water partition coefficient (Wildman–Crippen LogP) is 4.30. The SMILES string of the molecule is COc1ccc(Cc2nnc(C)o2)cc1-c1cccc(Cl)c1. The maximum Gasteiger partial charge on any atom is 0.220 e. The van der Waals surface area contributed by atoms with E-state index in [9.17, 15) is 0 Å². The van der Waals surface area contributed by atoms with Crippen LogP contribution in [0.2, 0.25) is 5.02 Å². The van der Waals surface area contributed by atoms with Crippen LogP contribution in [0.4, 0.5) is 0 Å². The summed E-state index contributed by atoms with van der Waals surface area (Å²) in [7, 11) is 1.66. The zero-order valence-corrected chi connectivity index (χ0v) is 13.1. The van der Waals surface area contributed by atoms with E-state index in [0.29, 0.717) is 23.2 Å². The minimum atomic E-state index is 0.568. The molecule has 0 atom stereocenters. The number of nitrogens with zero attached hydrogens (tertiary/aromatic N) is 2. The largest absolute Gasteiger partial charge is 0.496 e. The number of methoxy groups -OCH3 is 1. The fourth-order valence-corrected chi connectivity index (χ4v) is 2.52. The molecule has 4 nitrogen and oxygen atoms in total. The number of benzene rings is 2. The second kappa shape index (κ2) is 6.20. The molecule has 0 spiro atoms. The maximum absolute atomic E-state index is 6.09. The highest BCUT2D eigenvalue weighted by Gasteiger charge is 2.10. The van der Waals surface area contributed by atoms with Gasteiger partial charge in [-0.25, -0.2) is 0 Å². The van der Waals surface area contributed by atoms with E-state index in [1.54, 1.807) is 14.0 Å². The molecular formula is C17H15ClN2O2. The van der Waals surface area contributed by atoms with Gasteiger partial charge in [-0.3, -0.25) is 0 Å². The van der Waals surface area contributed by atoms with Crippen molar-refractivity contribution in [2.75, 3.05) is 7.11 Å². The lowest BCUT2D eigenvalue weighted by Crippen LogP contribution is -1.93. The van der Waals surface area contributed by atoms with E-state index in [-0.39, 0.29) is 0 Å². The van der Waals surface area contributed by atoms with Gasteiger partial charge in [-0.15, -0.1) is 10.2 Å². The van der Waals surface area contributed by atoms with Crippen molar-refractivity contribution in [3.05, 3.63) is 64.8 Å². The lowest BCUT2D eigenvalue weighted by atomic mass is 10.0. The molecule has 1 aromatic heterocycles. The van der Waals surface area contributed by atoms with Crippen molar-refractivity contribution in [1.82, 2.24) is 10.2 Å². The van der Waals surface area contributed by atoms with Crippen molar-refractivity contribution < 1.29 is 9.15 Å². The highest BCUT2D eigenvalue weighted by Crippen LogP contribution is 2.32. The third-order valence-corrected chi connectivity index (χ3v) is 3.56. The van der Waals surface area contributed by atoms with Crippen molar-refractivity contribution >= 4 is 11.6 Å². The molecule has 0 aliphatic heterocycles. The summed E-state index contributed by atoms with van der Waals surface area (Å²) in [6, 6.07) is 13.7. The molecule has 112 valence electrons. The maximum atomic E-state index is 6.09. The van der Waals surface area contributed by atoms with E-state index < -0.39 is 0 Å². The van der Waals surface area contributed by atoms with E-state index in [1.807, 2.05) is 36.4 Å². The van der Waals surface area contributed by atoms with Crippen LogP contribution in [0.15, 0.2) is 46.9 Å². The van der Waals surface area contributed by atoms with Crippen LogP contribution < -0.4 is 4.74 Å². The monoisotopic (exact) mass is 314 g/mol. The molecule has 0 fully saturated rings. The smallest absolute Gasteiger partial charge is 0.220 e. The van der Waals surface area contributed by atoms with Crippen molar-refractivity contribution in [2.45, 2.75) is 13.3 Å². The Morgan fingerprint density at radius 1 is 1.14 bits per heavy atom. The van der Waals surface area contributed by atoms with Crippen LogP contribution in [0, 0.1) is 6.92 Å². The van der Waals surface area contributed by atoms with Crippen LogP contribution in [0.25, 0.3) is 11.1 Å². The van der Waals surface area contributed by atoms with Gasteiger partial charge >= 0.3 is 0 Å². The Morgan fingerprint density at radius 2 is 2.00 bits per heavy atom. The number of aryl methyl sites for hydroxylation is 1. The average molecular weight is 315 g/mol. The number of halogens is 1. The van der Waals surface area contributed by atoms with Gasteiger partial charge in [0, 0.05) is 17.5 Å². The molecule has 0 saturated heterocycles. The zero-order chi connectivity index (χ0) is 15.5. The highest BCUT2D eigenvalue weighted by atomic mass is 35.5. The molecule has 0 radical (unpaired) electrons. The van der Waals surface area contributed by atoms with Gasteiger partial charge in [-0.1, -0.05) is 29.8 Å². The summed E-state index contributed by atoms with van der Waals surface area (Å²) in [5, 5.41) is 8.57. The quantitative estimate of drug-likeness (QED) is 0.720. The topological polar surface area (TPSA) is 48.2 Å². The summed E-state index contributed by atoms with van der Waals surface area (Å²) in [5.74, 6) is 1.96. The lowest BCUT2D eigenvalue weighted by Gasteiger charge is -2.11. The van der Waals surface area contributed by atoms with Crippen LogP contribution in [0.1, 0.15) is 17.3 Å². The van der Waals surface area contributed by atoms with Crippen molar-refractivity contribution in [2.24, 2.45) is 0 Å². The molecule has 0 bridgehead atoms. The summed E-state index contributed by atoms with van der Waals surface area (Å²) in [4.78, 5) is 0. The van der Waals surface area contributed by atoms with E-state index in [2.05, 4.69) is 16.3 Å². The molecular weight excluding hydrogens is 300 g/mol. The predicted molar refractivity (Wildman–Crippen MR) is 85.3 cm³/mol. The summed E-state index contributed by atoms with van der Waals surface area (Å²) < 4.78 is 10.9. The Balaban J connectivity index is 1.99. The van der Waals surface area contributed by atoms with E-state index in [0.717, 1.165) is 22.4 Å². The first-order valence-corrected chi connectivity index (χ1v) is 7.25. The Hall–Kier alpha value is -2.33. The molecule has 22 heavy (non-hydrogen) atoms. The minimum absolute atomic E-state index is 0.568. The van der Waals surface area contributed by atoms with Gasteiger partial charge in [0.05, 0.1) is 13.5 Å². The van der Waals surface area contributed by atoms with Crippen LogP contribution in [-0.4, -0.2) is 17.3 Å². The van der Waals surface area contributed by atoms with E-state index >= 15 is 0 Å². The molecule has 3 aromatic rings. The molecule has 0 saturated carbocycles. The van der Waals surface area contributed by atoms with E-state index in [4.69, 9.17) is 20.8 Å². The number of aromatic nitrogens is 2. The zero-order valence-electron chi connectivity index (χ0n) is 12.3. The van der Waals surface area contributed by atoms with Gasteiger partial charge in [0.1, 0.15) is 5.75 Å². The van der Waals surface area contributed by atoms with Crippen LogP contribution in [0.3, 0.4) is 0 Å². The van der Waals surface area contributed by atoms with Crippen LogP contribution >= 0.6 is 11.6 Å². The Labute approximate surface area is 133 Å². The number of ether oxygens (including phenoxy) is 1. The third kappa shape index (κ3) is 3.12. The molecule has 5 heteroatoms. The summed E-state index contributed by atoms with van der Waals surface area (Å²) in [6.07, 6.45) is 0.582. The molecule has 3 rings (SSSR count). The first kappa shape index (κ1) is 14.6. The Bertz CT molecular complexity index is 799. The number of hydrogen-bond acceptors (Lipinski definition) is 4. The molecule has 0 amide bonds. The van der Waals surface area contributed by atoms with Gasteiger partial charge < -0.3 is 9.15 Å². The Morgan fingerprint density at radius 3 is 2.68 bits per heavy atom. The fraction of sp³-hybridized carbons (Fsp3) is 0.176. The second-order valence-electron chi connectivity index (χ2n) is 4.94. The summed E-state index contributed by atoms with van der Waals surface area (Å²) in [6.45, 7) is 1.78. The van der Waals surface area contributed by atoms with E-state index in [1.165, 1.54) is 0 Å². The van der Waals surface area contributed by atoms with Crippen molar-refractivity contribution in [1.29, 1.82) is 0 Å². The van der Waals surface area contributed by atoms with Crippen LogP contribution in [-0.2, 0) is 6.42 Å². The van der Waals surface area contributed by atoms with Crippen LogP contribution in [0.5, 0.6) is 5.75 Å². The number of hydrogen-bond donors (Lipinski definition) is 0. The minimum Gasteiger partial charge on any atom is -0.496 e. The Kier molecular flexibility index (Phi) is 4.11. The lowest BCUT2D eigenvalue weighted by molar-refractivity contribution is 0.416. The summed E-state index contributed by atoms with van der Waals surface area (Å²) >= 11 is 6.09. The van der Waals surface area contributed by atoms with Gasteiger partial charge in [0.15, 0.2) is 0 Å². The van der Waals surface area contributed by atoms with Crippen molar-refractivity contribution in [3.8, 4) is 16.9 Å². The second-order valence-corrected chi connectivity index (χ2v) is 5.37. The molecule has 2 aromatic carbocycles. The summed E-state index contributed by atoms with van der Waals surface area (Å²) in [5.41, 5.74) is 3.06. The van der Waals surface area contributed by atoms with Gasteiger partial charge in [0.2, 0.25) is 11.8 Å². The normalized spacial score (nSPS) is 10.7. The molecule has 0 N–H and O–H groups in total. The highest BCUT2D eigenvalue weighted by molar-refractivity contribution is 6.30. The van der Waals surface area contributed by atoms with Gasteiger partial charge in [0.25, 0.3) is 0 Å². The first-order valence-electron chi connectivity index (χ1n) is 6.87. The van der Waals surface area contributed by atoms with Gasteiger partial charge in [-0.05, 0) is 35.4 Å². The average Bonchev–Trinajstić information content (AvgIpc) is 2.92.